The Kier molecular flexibility index (Phi) is 2.26. The summed E-state index contributed by atoms with van der Waals surface area (Å²) in [5, 5.41) is 3.94. The molecule has 54 valence electrons. The van der Waals surface area contributed by atoms with Crippen molar-refractivity contribution in [2.24, 2.45) is 11.0 Å². The molecule has 0 bridgehead atoms. The molecule has 1 aliphatic heterocycles. The molecule has 1 aliphatic rings. The molecule has 0 unspecified atom stereocenters. The van der Waals surface area contributed by atoms with E-state index in [0.717, 1.165) is 5.70 Å². The van der Waals surface area contributed by atoms with E-state index >= 15 is 0 Å². The zero-order valence-corrected chi connectivity index (χ0v) is 6.33. The second-order valence-corrected chi connectivity index (χ2v) is 2.55. The zero-order chi connectivity index (χ0) is 7.40. The minimum Gasteiger partial charge on any atom is -0.282 e. The van der Waals surface area contributed by atoms with Gasteiger partial charge in [-0.15, -0.1) is 0 Å². The van der Waals surface area contributed by atoms with Gasteiger partial charge in [0.25, 0.3) is 0 Å². The molecule has 1 heterocycles. The molecule has 0 aromatic heterocycles. The molecule has 0 spiro atoms. The SMILES string of the molecule is CC(C)C1=CC=CC=NN1. The Bertz CT molecular complexity index is 187. The predicted molar refractivity (Wildman–Crippen MR) is 43.7 cm³/mol. The number of nitrogens with zero attached hydrogens (tertiary/aromatic N) is 1. The highest BCUT2D eigenvalue weighted by atomic mass is 15.3. The van der Waals surface area contributed by atoms with Gasteiger partial charge in [-0.1, -0.05) is 19.9 Å². The maximum Gasteiger partial charge on any atom is 0.0472 e. The smallest absolute Gasteiger partial charge is 0.0472 e. The molecule has 10 heavy (non-hydrogen) atoms. The number of hydrogen-bond acceptors (Lipinski definition) is 2. The largest absolute Gasteiger partial charge is 0.282 e. The molecule has 0 aromatic rings. The summed E-state index contributed by atoms with van der Waals surface area (Å²) in [6.45, 7) is 4.26. The molecule has 1 rings (SSSR count). The molecule has 0 radical (unpaired) electrons. The molecule has 0 fully saturated rings. The van der Waals surface area contributed by atoms with E-state index in [9.17, 15) is 0 Å². The molecule has 2 nitrogen and oxygen atoms in total. The Balaban J connectivity index is 2.68. The van der Waals surface area contributed by atoms with Crippen LogP contribution in [0.1, 0.15) is 13.8 Å². The van der Waals surface area contributed by atoms with Gasteiger partial charge in [0.2, 0.25) is 0 Å². The fourth-order valence-electron chi connectivity index (χ4n) is 0.723. The van der Waals surface area contributed by atoms with Gasteiger partial charge in [-0.2, -0.15) is 5.10 Å². The van der Waals surface area contributed by atoms with Crippen LogP contribution in [0.3, 0.4) is 0 Å². The monoisotopic (exact) mass is 136 g/mol. The third-order valence-corrected chi connectivity index (χ3v) is 1.36. The minimum atomic E-state index is 0.514. The molecule has 0 saturated carbocycles. The van der Waals surface area contributed by atoms with Gasteiger partial charge in [0, 0.05) is 11.9 Å². The van der Waals surface area contributed by atoms with Gasteiger partial charge in [0.05, 0.1) is 0 Å². The summed E-state index contributed by atoms with van der Waals surface area (Å²) in [5.74, 6) is 0.514. The summed E-state index contributed by atoms with van der Waals surface area (Å²) in [5.41, 5.74) is 4.11. The van der Waals surface area contributed by atoms with Crippen molar-refractivity contribution in [3.8, 4) is 0 Å². The lowest BCUT2D eigenvalue weighted by atomic mass is 10.1. The van der Waals surface area contributed by atoms with Crippen LogP contribution in [-0.2, 0) is 0 Å². The number of nitrogens with one attached hydrogen (secondary N) is 1. The summed E-state index contributed by atoms with van der Waals surface area (Å²) >= 11 is 0. The van der Waals surface area contributed by atoms with Gasteiger partial charge in [-0.05, 0) is 18.1 Å². The molecule has 0 aromatic carbocycles. The molecule has 0 aliphatic carbocycles. The highest BCUT2D eigenvalue weighted by Gasteiger charge is 1.99. The summed E-state index contributed by atoms with van der Waals surface area (Å²) in [6, 6.07) is 0. The van der Waals surface area contributed by atoms with Crippen molar-refractivity contribution < 1.29 is 0 Å². The fourth-order valence-corrected chi connectivity index (χ4v) is 0.723. The highest BCUT2D eigenvalue weighted by Crippen LogP contribution is 2.06. The van der Waals surface area contributed by atoms with Crippen LogP contribution in [0, 0.1) is 5.92 Å². The number of rotatable bonds is 1. The Hall–Kier alpha value is -1.05. The van der Waals surface area contributed by atoms with Gasteiger partial charge >= 0.3 is 0 Å². The third kappa shape index (κ3) is 1.72. The van der Waals surface area contributed by atoms with Crippen molar-refractivity contribution in [2.45, 2.75) is 13.8 Å². The maximum absolute atomic E-state index is 3.94. The molecule has 2 heteroatoms. The molecule has 1 N–H and O–H groups in total. The van der Waals surface area contributed by atoms with Crippen LogP contribution >= 0.6 is 0 Å². The Labute approximate surface area is 61.3 Å². The quantitative estimate of drug-likeness (QED) is 0.582. The van der Waals surface area contributed by atoms with Crippen LogP contribution in [0.5, 0.6) is 0 Å². The average Bonchev–Trinajstić information content (AvgIpc) is 2.12. The second-order valence-electron chi connectivity index (χ2n) is 2.55. The van der Waals surface area contributed by atoms with Crippen molar-refractivity contribution in [3.63, 3.8) is 0 Å². The van der Waals surface area contributed by atoms with Crippen molar-refractivity contribution in [2.75, 3.05) is 0 Å². The predicted octanol–water partition coefficient (Wildman–Crippen LogP) is 1.67. The summed E-state index contributed by atoms with van der Waals surface area (Å²) < 4.78 is 0. The van der Waals surface area contributed by atoms with Crippen LogP contribution in [0.2, 0.25) is 0 Å². The third-order valence-electron chi connectivity index (χ3n) is 1.36. The topological polar surface area (TPSA) is 24.4 Å². The van der Waals surface area contributed by atoms with Gasteiger partial charge in [0.1, 0.15) is 0 Å². The maximum atomic E-state index is 3.94. The molecule has 0 atom stereocenters. The lowest BCUT2D eigenvalue weighted by Gasteiger charge is -2.07. The first kappa shape index (κ1) is 7.06. The minimum absolute atomic E-state index is 0.514. The summed E-state index contributed by atoms with van der Waals surface area (Å²) in [7, 11) is 0. The molecular weight excluding hydrogens is 124 g/mol. The first-order valence-electron chi connectivity index (χ1n) is 3.46. The van der Waals surface area contributed by atoms with E-state index in [1.54, 1.807) is 6.21 Å². The molecule has 0 amide bonds. The average molecular weight is 136 g/mol. The van der Waals surface area contributed by atoms with Crippen LogP contribution in [0.4, 0.5) is 0 Å². The van der Waals surface area contributed by atoms with Crippen molar-refractivity contribution in [1.82, 2.24) is 5.43 Å². The van der Waals surface area contributed by atoms with Crippen LogP contribution in [0.15, 0.2) is 29.0 Å². The lowest BCUT2D eigenvalue weighted by molar-refractivity contribution is 0.676. The van der Waals surface area contributed by atoms with Gasteiger partial charge in [0.15, 0.2) is 0 Å². The highest BCUT2D eigenvalue weighted by molar-refractivity contribution is 5.71. The fraction of sp³-hybridized carbons (Fsp3) is 0.375. The lowest BCUT2D eigenvalue weighted by Crippen LogP contribution is -2.09. The van der Waals surface area contributed by atoms with Gasteiger partial charge in [-0.25, -0.2) is 0 Å². The summed E-state index contributed by atoms with van der Waals surface area (Å²) in [4.78, 5) is 0. The normalized spacial score (nSPS) is 16.5. The van der Waals surface area contributed by atoms with Gasteiger partial charge in [-0.3, -0.25) is 5.43 Å². The second kappa shape index (κ2) is 3.20. The molecular formula is C8H12N2. The van der Waals surface area contributed by atoms with E-state index in [1.165, 1.54) is 0 Å². The number of hydrazone groups is 1. The Morgan fingerprint density at radius 1 is 1.40 bits per heavy atom. The van der Waals surface area contributed by atoms with Crippen molar-refractivity contribution in [1.29, 1.82) is 0 Å². The van der Waals surface area contributed by atoms with E-state index in [-0.39, 0.29) is 0 Å². The van der Waals surface area contributed by atoms with E-state index in [4.69, 9.17) is 0 Å². The standard InChI is InChI=1S/C8H12N2/c1-7(2)8-5-3-4-6-9-10-8/h3-7,10H,1-2H3. The zero-order valence-electron chi connectivity index (χ0n) is 6.33. The first-order valence-corrected chi connectivity index (χ1v) is 3.46. The first-order chi connectivity index (χ1) is 4.80. The van der Waals surface area contributed by atoms with E-state index in [0.29, 0.717) is 5.92 Å². The Morgan fingerprint density at radius 2 is 2.20 bits per heavy atom. The van der Waals surface area contributed by atoms with E-state index < -0.39 is 0 Å². The molecule has 0 saturated heterocycles. The van der Waals surface area contributed by atoms with Crippen LogP contribution in [0.25, 0.3) is 0 Å². The van der Waals surface area contributed by atoms with Crippen LogP contribution in [-0.4, -0.2) is 6.21 Å². The van der Waals surface area contributed by atoms with E-state index in [2.05, 4.69) is 24.4 Å². The number of hydrogen-bond donors (Lipinski definition) is 1. The summed E-state index contributed by atoms with van der Waals surface area (Å²) in [6.07, 6.45) is 7.67. The van der Waals surface area contributed by atoms with Gasteiger partial charge < -0.3 is 0 Å². The Morgan fingerprint density at radius 3 is 2.90 bits per heavy atom. The van der Waals surface area contributed by atoms with Crippen molar-refractivity contribution >= 4 is 6.21 Å². The number of allylic oxidation sites excluding steroid dienone is 4. The van der Waals surface area contributed by atoms with Crippen molar-refractivity contribution in [3.05, 3.63) is 23.9 Å². The van der Waals surface area contributed by atoms with Crippen LogP contribution < -0.4 is 5.43 Å². The van der Waals surface area contributed by atoms with E-state index in [1.807, 2.05) is 18.2 Å².